The monoisotopic (exact) mass is 254 g/mol. The predicted octanol–water partition coefficient (Wildman–Crippen LogP) is 3.67. The fraction of sp³-hybridized carbons (Fsp3) is 0.364. The molecule has 1 aromatic heterocycles. The molecule has 0 amide bonds. The summed E-state index contributed by atoms with van der Waals surface area (Å²) >= 11 is 3.49. The summed E-state index contributed by atoms with van der Waals surface area (Å²) in [6.45, 7) is 6.07. The van der Waals surface area contributed by atoms with Gasteiger partial charge in [0, 0.05) is 23.1 Å². The Balaban J connectivity index is 0.000000461. The number of rotatable bonds is 0. The highest BCUT2D eigenvalue weighted by Gasteiger charge is 2.04. The summed E-state index contributed by atoms with van der Waals surface area (Å²) in [4.78, 5) is 0. The zero-order valence-corrected chi connectivity index (χ0v) is 10.6. The van der Waals surface area contributed by atoms with Crippen molar-refractivity contribution < 1.29 is 0 Å². The van der Waals surface area contributed by atoms with Gasteiger partial charge in [0.1, 0.15) is 0 Å². The zero-order chi connectivity index (χ0) is 10.7. The Hall–Kier alpha value is -0.830. The van der Waals surface area contributed by atoms with Crippen LogP contribution in [0.3, 0.4) is 0 Å². The molecule has 0 N–H and O–H groups in total. The molecule has 0 radical (unpaired) electrons. The van der Waals surface area contributed by atoms with Crippen molar-refractivity contribution in [1.82, 2.24) is 9.78 Å². The Morgan fingerprint density at radius 2 is 1.93 bits per heavy atom. The molecule has 76 valence electrons. The quantitative estimate of drug-likeness (QED) is 0.702. The van der Waals surface area contributed by atoms with E-state index in [1.54, 1.807) is 0 Å². The van der Waals surface area contributed by atoms with Gasteiger partial charge in [-0.05, 0) is 18.6 Å². The van der Waals surface area contributed by atoms with Crippen LogP contribution >= 0.6 is 15.9 Å². The van der Waals surface area contributed by atoms with Gasteiger partial charge in [0.05, 0.1) is 5.52 Å². The van der Waals surface area contributed by atoms with E-state index in [0.29, 0.717) is 0 Å². The summed E-state index contributed by atoms with van der Waals surface area (Å²) in [7, 11) is 1.94. The number of fused-ring (bicyclic) bond motifs is 1. The van der Waals surface area contributed by atoms with Gasteiger partial charge in [0.15, 0.2) is 0 Å². The molecule has 1 aromatic carbocycles. The van der Waals surface area contributed by atoms with Crippen LogP contribution in [0.15, 0.2) is 22.8 Å². The molecule has 2 nitrogen and oxygen atoms in total. The van der Waals surface area contributed by atoms with Crippen LogP contribution in [0.5, 0.6) is 0 Å². The number of hydrogen-bond acceptors (Lipinski definition) is 1. The maximum absolute atomic E-state index is 4.36. The third-order valence-electron chi connectivity index (χ3n) is 1.94. The Morgan fingerprint density at radius 1 is 1.29 bits per heavy atom. The number of halogens is 1. The zero-order valence-electron chi connectivity index (χ0n) is 9.00. The predicted molar refractivity (Wildman–Crippen MR) is 64.5 cm³/mol. The van der Waals surface area contributed by atoms with Gasteiger partial charge < -0.3 is 0 Å². The van der Waals surface area contributed by atoms with Crippen molar-refractivity contribution >= 4 is 26.8 Å². The first kappa shape index (κ1) is 11.2. The topological polar surface area (TPSA) is 17.8 Å². The van der Waals surface area contributed by atoms with Gasteiger partial charge in [-0.3, -0.25) is 4.68 Å². The number of aromatic nitrogens is 2. The normalized spacial score (nSPS) is 9.79. The van der Waals surface area contributed by atoms with Gasteiger partial charge >= 0.3 is 0 Å². The van der Waals surface area contributed by atoms with E-state index in [9.17, 15) is 0 Å². The van der Waals surface area contributed by atoms with E-state index < -0.39 is 0 Å². The van der Waals surface area contributed by atoms with Gasteiger partial charge in [-0.15, -0.1) is 0 Å². The summed E-state index contributed by atoms with van der Waals surface area (Å²) in [6.07, 6.45) is 2.02. The van der Waals surface area contributed by atoms with Crippen molar-refractivity contribution in [3.05, 3.63) is 28.4 Å². The standard InChI is InChI=1S/C9H9BrN2.C2H6/c1-6-3-4-8(10)7-5-12(2)11-9(6)7;1-2/h3-5H,1-2H3;1-2H3. The van der Waals surface area contributed by atoms with Crippen LogP contribution in [-0.2, 0) is 7.05 Å². The first-order chi connectivity index (χ1) is 6.68. The van der Waals surface area contributed by atoms with Crippen molar-refractivity contribution in [2.45, 2.75) is 20.8 Å². The minimum Gasteiger partial charge on any atom is -0.275 e. The van der Waals surface area contributed by atoms with E-state index >= 15 is 0 Å². The van der Waals surface area contributed by atoms with Crippen molar-refractivity contribution in [3.8, 4) is 0 Å². The van der Waals surface area contributed by atoms with Crippen molar-refractivity contribution in [3.63, 3.8) is 0 Å². The second-order valence-electron chi connectivity index (χ2n) is 2.93. The van der Waals surface area contributed by atoms with E-state index in [1.165, 1.54) is 10.9 Å². The van der Waals surface area contributed by atoms with Crippen LogP contribution in [0.2, 0.25) is 0 Å². The highest BCUT2D eigenvalue weighted by Crippen LogP contribution is 2.24. The lowest BCUT2D eigenvalue weighted by atomic mass is 10.2. The molecule has 2 rings (SSSR count). The van der Waals surface area contributed by atoms with E-state index in [4.69, 9.17) is 0 Å². The molecule has 0 bridgehead atoms. The fourth-order valence-electron chi connectivity index (χ4n) is 1.32. The van der Waals surface area contributed by atoms with Gasteiger partial charge in [-0.25, -0.2) is 0 Å². The second kappa shape index (κ2) is 4.60. The average Bonchev–Trinajstić information content (AvgIpc) is 2.58. The van der Waals surface area contributed by atoms with Crippen LogP contribution in [0.1, 0.15) is 19.4 Å². The van der Waals surface area contributed by atoms with Crippen molar-refractivity contribution in [1.29, 1.82) is 0 Å². The molecule has 0 atom stereocenters. The maximum Gasteiger partial charge on any atom is 0.0963 e. The molecule has 0 aliphatic carbocycles. The van der Waals surface area contributed by atoms with Crippen LogP contribution in [0, 0.1) is 6.92 Å². The van der Waals surface area contributed by atoms with Crippen LogP contribution in [0.4, 0.5) is 0 Å². The van der Waals surface area contributed by atoms with Crippen LogP contribution < -0.4 is 0 Å². The maximum atomic E-state index is 4.36. The third-order valence-corrected chi connectivity index (χ3v) is 2.63. The van der Waals surface area contributed by atoms with Gasteiger partial charge in [-0.1, -0.05) is 35.8 Å². The molecule has 3 heteroatoms. The minimum absolute atomic E-state index is 1.08. The highest BCUT2D eigenvalue weighted by molar-refractivity contribution is 9.10. The molecule has 0 spiro atoms. The molecular formula is C11H15BrN2. The molecule has 14 heavy (non-hydrogen) atoms. The van der Waals surface area contributed by atoms with Crippen LogP contribution in [0.25, 0.3) is 10.9 Å². The summed E-state index contributed by atoms with van der Waals surface area (Å²) in [5, 5.41) is 5.54. The van der Waals surface area contributed by atoms with Crippen molar-refractivity contribution in [2.75, 3.05) is 0 Å². The summed E-state index contributed by atoms with van der Waals surface area (Å²) < 4.78 is 2.94. The van der Waals surface area contributed by atoms with E-state index in [2.05, 4.69) is 40.1 Å². The van der Waals surface area contributed by atoms with Crippen molar-refractivity contribution in [2.24, 2.45) is 7.05 Å². The Kier molecular flexibility index (Phi) is 3.69. The molecule has 1 heterocycles. The molecular weight excluding hydrogens is 240 g/mol. The molecule has 0 aliphatic heterocycles. The Bertz CT molecular complexity index is 393. The lowest BCUT2D eigenvalue weighted by molar-refractivity contribution is 0.779. The lowest BCUT2D eigenvalue weighted by Crippen LogP contribution is -1.85. The highest BCUT2D eigenvalue weighted by atomic mass is 79.9. The van der Waals surface area contributed by atoms with E-state index in [1.807, 2.05) is 31.8 Å². The number of benzene rings is 1. The molecule has 0 aliphatic rings. The molecule has 2 aromatic rings. The first-order valence-corrected chi connectivity index (χ1v) is 5.56. The van der Waals surface area contributed by atoms with E-state index in [0.717, 1.165) is 9.99 Å². The second-order valence-corrected chi connectivity index (χ2v) is 3.78. The third kappa shape index (κ3) is 1.98. The number of aryl methyl sites for hydroxylation is 2. The molecule has 0 saturated carbocycles. The Labute approximate surface area is 93.1 Å². The SMILES string of the molecule is CC.Cc1ccc(Br)c2cn(C)nc12. The molecule has 0 fully saturated rings. The molecule has 0 saturated heterocycles. The summed E-state index contributed by atoms with van der Waals surface area (Å²) in [6, 6.07) is 4.12. The Morgan fingerprint density at radius 3 is 2.50 bits per heavy atom. The van der Waals surface area contributed by atoms with E-state index in [-0.39, 0.29) is 0 Å². The largest absolute Gasteiger partial charge is 0.275 e. The number of hydrogen-bond donors (Lipinski definition) is 0. The minimum atomic E-state index is 1.08. The molecule has 0 unspecified atom stereocenters. The van der Waals surface area contributed by atoms with Gasteiger partial charge in [-0.2, -0.15) is 5.10 Å². The lowest BCUT2D eigenvalue weighted by Gasteiger charge is -1.94. The van der Waals surface area contributed by atoms with Crippen LogP contribution in [-0.4, -0.2) is 9.78 Å². The summed E-state index contributed by atoms with van der Waals surface area (Å²) in [5.41, 5.74) is 2.29. The average molecular weight is 255 g/mol. The van der Waals surface area contributed by atoms with Gasteiger partial charge in [0.2, 0.25) is 0 Å². The summed E-state index contributed by atoms with van der Waals surface area (Å²) in [5.74, 6) is 0. The van der Waals surface area contributed by atoms with Gasteiger partial charge in [0.25, 0.3) is 0 Å². The fourth-order valence-corrected chi connectivity index (χ4v) is 1.74. The number of nitrogens with zero attached hydrogens (tertiary/aromatic N) is 2. The smallest absolute Gasteiger partial charge is 0.0963 e. The first-order valence-electron chi connectivity index (χ1n) is 4.77.